The third-order valence-electron chi connectivity index (χ3n) is 6.29. The van der Waals surface area contributed by atoms with E-state index in [1.165, 1.54) is 12.8 Å². The zero-order valence-corrected chi connectivity index (χ0v) is 19.1. The highest BCUT2D eigenvalue weighted by Gasteiger charge is 2.25. The third-order valence-corrected chi connectivity index (χ3v) is 6.29. The number of rotatable bonds is 8. The molecule has 7 heteroatoms. The van der Waals surface area contributed by atoms with Gasteiger partial charge in [-0.1, -0.05) is 19.8 Å². The van der Waals surface area contributed by atoms with Crippen molar-refractivity contribution in [3.05, 3.63) is 34.2 Å². The van der Waals surface area contributed by atoms with Crippen LogP contribution in [0.2, 0.25) is 0 Å². The Labute approximate surface area is 183 Å². The first kappa shape index (κ1) is 21.4. The minimum absolute atomic E-state index is 0.128. The summed E-state index contributed by atoms with van der Waals surface area (Å²) in [5.74, 6) is 1.27. The molecule has 7 nitrogen and oxygen atoms in total. The molecule has 31 heavy (non-hydrogen) atoms. The van der Waals surface area contributed by atoms with Crippen LogP contribution in [0.15, 0.2) is 23.0 Å². The van der Waals surface area contributed by atoms with Gasteiger partial charge in [0.1, 0.15) is 17.0 Å². The molecule has 0 spiro atoms. The fourth-order valence-electron chi connectivity index (χ4n) is 4.66. The molecule has 2 heterocycles. The van der Waals surface area contributed by atoms with Gasteiger partial charge in [0.25, 0.3) is 5.56 Å². The van der Waals surface area contributed by atoms with Crippen LogP contribution < -0.4 is 15.2 Å². The van der Waals surface area contributed by atoms with Crippen LogP contribution in [-0.4, -0.2) is 39.4 Å². The Morgan fingerprint density at radius 1 is 1.16 bits per heavy atom. The molecule has 0 saturated heterocycles. The Hall–Kier alpha value is -2.83. The molecule has 1 fully saturated rings. The van der Waals surface area contributed by atoms with E-state index in [2.05, 4.69) is 29.8 Å². The number of aromatic amines is 1. The summed E-state index contributed by atoms with van der Waals surface area (Å²) in [5.41, 5.74) is 3.29. The lowest BCUT2D eigenvalue weighted by molar-refractivity contribution is 0.341. The van der Waals surface area contributed by atoms with Gasteiger partial charge < -0.3 is 14.6 Å². The number of benzene rings is 1. The molecule has 4 rings (SSSR count). The summed E-state index contributed by atoms with van der Waals surface area (Å²) in [7, 11) is 0. The number of nitrogens with one attached hydrogen (secondary N) is 1. The molecule has 1 aliphatic carbocycles. The molecule has 3 aromatic rings. The van der Waals surface area contributed by atoms with Crippen molar-refractivity contribution in [2.24, 2.45) is 0 Å². The van der Waals surface area contributed by atoms with Gasteiger partial charge in [-0.25, -0.2) is 9.67 Å². The fourth-order valence-corrected chi connectivity index (χ4v) is 4.66. The molecule has 0 amide bonds. The van der Waals surface area contributed by atoms with Crippen LogP contribution in [0.4, 0.5) is 5.69 Å². The van der Waals surface area contributed by atoms with Gasteiger partial charge in [-0.2, -0.15) is 5.10 Å². The summed E-state index contributed by atoms with van der Waals surface area (Å²) in [4.78, 5) is 23.3. The third kappa shape index (κ3) is 3.93. The lowest BCUT2D eigenvalue weighted by Gasteiger charge is -2.22. The monoisotopic (exact) mass is 423 g/mol. The molecule has 2 aromatic heterocycles. The van der Waals surface area contributed by atoms with Crippen LogP contribution in [0.1, 0.15) is 65.1 Å². The molecule has 0 radical (unpaired) electrons. The summed E-state index contributed by atoms with van der Waals surface area (Å²) in [6.45, 7) is 10.7. The van der Waals surface area contributed by atoms with Crippen molar-refractivity contribution in [2.45, 2.75) is 65.8 Å². The van der Waals surface area contributed by atoms with Gasteiger partial charge in [0, 0.05) is 24.8 Å². The highest BCUT2D eigenvalue weighted by Crippen LogP contribution is 2.34. The SMILES string of the molecule is CCOc1cc(N(CC)CC)ccc1-c1nc2c(c(CC)nn2C2CCCC2)c(=O)[nH]1. The van der Waals surface area contributed by atoms with Crippen molar-refractivity contribution < 1.29 is 4.74 Å². The van der Waals surface area contributed by atoms with E-state index in [9.17, 15) is 4.79 Å². The highest BCUT2D eigenvalue weighted by molar-refractivity contribution is 5.80. The van der Waals surface area contributed by atoms with E-state index in [0.717, 1.165) is 48.6 Å². The fraction of sp³-hybridized carbons (Fsp3) is 0.542. The van der Waals surface area contributed by atoms with E-state index in [1.807, 2.05) is 30.7 Å². The summed E-state index contributed by atoms with van der Waals surface area (Å²) in [6, 6.07) is 6.43. The van der Waals surface area contributed by atoms with Crippen molar-refractivity contribution in [3.8, 4) is 17.1 Å². The number of nitrogens with zero attached hydrogens (tertiary/aromatic N) is 4. The van der Waals surface area contributed by atoms with Crippen LogP contribution in [0.25, 0.3) is 22.4 Å². The van der Waals surface area contributed by atoms with Crippen LogP contribution >= 0.6 is 0 Å². The zero-order chi connectivity index (χ0) is 22.0. The Bertz CT molecular complexity index is 1110. The van der Waals surface area contributed by atoms with E-state index >= 15 is 0 Å². The van der Waals surface area contributed by atoms with Gasteiger partial charge >= 0.3 is 0 Å². The number of hydrogen-bond donors (Lipinski definition) is 1. The molecule has 0 bridgehead atoms. The molecule has 1 aliphatic rings. The highest BCUT2D eigenvalue weighted by atomic mass is 16.5. The molecule has 1 saturated carbocycles. The Morgan fingerprint density at radius 2 is 1.90 bits per heavy atom. The van der Waals surface area contributed by atoms with Gasteiger partial charge in [-0.15, -0.1) is 0 Å². The molecular formula is C24H33N5O2. The minimum atomic E-state index is -0.128. The van der Waals surface area contributed by atoms with Gasteiger partial charge in [0.05, 0.1) is 23.9 Å². The topological polar surface area (TPSA) is 76.0 Å². The quantitative estimate of drug-likeness (QED) is 0.568. The molecule has 0 aliphatic heterocycles. The van der Waals surface area contributed by atoms with Crippen molar-refractivity contribution in [1.82, 2.24) is 19.7 Å². The van der Waals surface area contributed by atoms with E-state index < -0.39 is 0 Å². The standard InChI is InChI=1S/C24H33N5O2/c1-5-19-21-23(29(27-19)16-11-9-10-12-16)25-22(26-24(21)30)18-14-13-17(28(6-2)7-3)15-20(18)31-8-4/h13-16H,5-12H2,1-4H3,(H,25,26,30). The number of hydrogen-bond acceptors (Lipinski definition) is 5. The second-order valence-corrected chi connectivity index (χ2v) is 8.08. The van der Waals surface area contributed by atoms with E-state index in [0.29, 0.717) is 35.9 Å². The van der Waals surface area contributed by atoms with E-state index in [4.69, 9.17) is 14.8 Å². The first-order valence-corrected chi connectivity index (χ1v) is 11.6. The summed E-state index contributed by atoms with van der Waals surface area (Å²) in [6.07, 6.45) is 5.29. The molecule has 1 aromatic carbocycles. The molecular weight excluding hydrogens is 390 g/mol. The zero-order valence-electron chi connectivity index (χ0n) is 19.1. The van der Waals surface area contributed by atoms with Crippen LogP contribution in [-0.2, 0) is 6.42 Å². The van der Waals surface area contributed by atoms with Crippen LogP contribution in [0.5, 0.6) is 5.75 Å². The van der Waals surface area contributed by atoms with E-state index in [1.54, 1.807) is 0 Å². The average molecular weight is 424 g/mol. The first-order chi connectivity index (χ1) is 15.1. The Morgan fingerprint density at radius 3 is 2.55 bits per heavy atom. The number of ether oxygens (including phenoxy) is 1. The largest absolute Gasteiger partial charge is 0.493 e. The maximum atomic E-state index is 13.1. The lowest BCUT2D eigenvalue weighted by Crippen LogP contribution is -2.21. The maximum absolute atomic E-state index is 13.1. The predicted molar refractivity (Wildman–Crippen MR) is 125 cm³/mol. The molecule has 0 atom stereocenters. The average Bonchev–Trinajstić information content (AvgIpc) is 3.43. The Balaban J connectivity index is 1.88. The van der Waals surface area contributed by atoms with Gasteiger partial charge in [-0.3, -0.25) is 4.79 Å². The van der Waals surface area contributed by atoms with E-state index in [-0.39, 0.29) is 5.56 Å². The normalized spacial score (nSPS) is 14.5. The summed E-state index contributed by atoms with van der Waals surface area (Å²) >= 11 is 0. The summed E-state index contributed by atoms with van der Waals surface area (Å²) < 4.78 is 7.97. The predicted octanol–water partition coefficient (Wildman–Crippen LogP) is 4.71. The van der Waals surface area contributed by atoms with Crippen LogP contribution in [0.3, 0.4) is 0 Å². The van der Waals surface area contributed by atoms with Crippen molar-refractivity contribution >= 4 is 16.7 Å². The Kier molecular flexibility index (Phi) is 6.30. The van der Waals surface area contributed by atoms with Crippen LogP contribution in [0, 0.1) is 0 Å². The van der Waals surface area contributed by atoms with Gasteiger partial charge in [-0.05, 0) is 52.2 Å². The van der Waals surface area contributed by atoms with Crippen molar-refractivity contribution in [1.29, 1.82) is 0 Å². The molecule has 166 valence electrons. The number of anilines is 1. The second kappa shape index (κ2) is 9.12. The molecule has 1 N–H and O–H groups in total. The summed E-state index contributed by atoms with van der Waals surface area (Å²) in [5, 5.41) is 5.42. The maximum Gasteiger partial charge on any atom is 0.262 e. The number of aromatic nitrogens is 4. The smallest absolute Gasteiger partial charge is 0.262 e. The van der Waals surface area contributed by atoms with Crippen molar-refractivity contribution in [2.75, 3.05) is 24.6 Å². The first-order valence-electron chi connectivity index (χ1n) is 11.6. The lowest BCUT2D eigenvalue weighted by atomic mass is 10.1. The minimum Gasteiger partial charge on any atom is -0.493 e. The molecule has 0 unspecified atom stereocenters. The second-order valence-electron chi connectivity index (χ2n) is 8.08. The van der Waals surface area contributed by atoms with Gasteiger partial charge in [0.2, 0.25) is 0 Å². The number of fused-ring (bicyclic) bond motifs is 1. The van der Waals surface area contributed by atoms with Gasteiger partial charge in [0.15, 0.2) is 5.65 Å². The van der Waals surface area contributed by atoms with Crippen molar-refractivity contribution in [3.63, 3.8) is 0 Å². The number of H-pyrrole nitrogens is 1. The number of aryl methyl sites for hydroxylation is 1.